The molecular formula is C15H21N5O3S. The molecule has 0 unspecified atom stereocenters. The topological polar surface area (TPSA) is 80.0 Å². The second-order valence-electron chi connectivity index (χ2n) is 5.76. The van der Waals surface area contributed by atoms with E-state index in [1.165, 1.54) is 21.9 Å². The van der Waals surface area contributed by atoms with Crippen LogP contribution < -0.4 is 10.5 Å². The molecule has 0 spiro atoms. The molecule has 1 aliphatic heterocycles. The minimum absolute atomic E-state index is 0.0343. The fourth-order valence-electron chi connectivity index (χ4n) is 2.57. The van der Waals surface area contributed by atoms with Crippen LogP contribution in [0.4, 0.5) is 5.13 Å². The van der Waals surface area contributed by atoms with Crippen LogP contribution >= 0.6 is 11.3 Å². The maximum absolute atomic E-state index is 12.3. The number of morpholine rings is 1. The third-order valence-corrected chi connectivity index (χ3v) is 4.88. The molecule has 0 N–H and O–H groups in total. The van der Waals surface area contributed by atoms with Gasteiger partial charge < -0.3 is 14.5 Å². The molecule has 130 valence electrons. The van der Waals surface area contributed by atoms with Crippen molar-refractivity contribution in [3.63, 3.8) is 0 Å². The number of anilines is 1. The SMILES string of the molecule is CCCc1cc(=O)n2nc(N(C)CC(=O)N3CCOCC3)sc2n1. The van der Waals surface area contributed by atoms with E-state index in [1.54, 1.807) is 16.8 Å². The van der Waals surface area contributed by atoms with Crippen molar-refractivity contribution in [2.75, 3.05) is 44.8 Å². The van der Waals surface area contributed by atoms with Gasteiger partial charge in [-0.1, -0.05) is 24.7 Å². The van der Waals surface area contributed by atoms with Gasteiger partial charge in [0.25, 0.3) is 5.56 Å². The molecule has 1 saturated heterocycles. The standard InChI is InChI=1S/C15H21N5O3S/c1-3-4-11-9-12(21)20-14(16-11)24-15(17-20)18(2)10-13(22)19-5-7-23-8-6-19/h9H,3-8,10H2,1-2H3. The molecular weight excluding hydrogens is 330 g/mol. The zero-order chi connectivity index (χ0) is 17.1. The van der Waals surface area contributed by atoms with Gasteiger partial charge in [0.05, 0.1) is 19.8 Å². The first-order valence-electron chi connectivity index (χ1n) is 8.05. The second kappa shape index (κ2) is 7.27. The van der Waals surface area contributed by atoms with E-state index in [1.807, 2.05) is 6.92 Å². The Balaban J connectivity index is 1.77. The number of ether oxygens (including phenoxy) is 1. The summed E-state index contributed by atoms with van der Waals surface area (Å²) in [6, 6.07) is 1.53. The van der Waals surface area contributed by atoms with E-state index in [4.69, 9.17) is 4.74 Å². The van der Waals surface area contributed by atoms with Crippen LogP contribution in [-0.2, 0) is 16.0 Å². The molecule has 0 atom stereocenters. The van der Waals surface area contributed by atoms with E-state index >= 15 is 0 Å². The summed E-state index contributed by atoms with van der Waals surface area (Å²) in [6.07, 6.45) is 1.70. The summed E-state index contributed by atoms with van der Waals surface area (Å²) >= 11 is 1.32. The van der Waals surface area contributed by atoms with Crippen LogP contribution in [0.2, 0.25) is 0 Å². The number of hydrogen-bond donors (Lipinski definition) is 0. The number of hydrogen-bond acceptors (Lipinski definition) is 7. The van der Waals surface area contributed by atoms with Gasteiger partial charge in [-0.3, -0.25) is 9.59 Å². The van der Waals surface area contributed by atoms with Gasteiger partial charge in [0.1, 0.15) is 0 Å². The first-order chi connectivity index (χ1) is 11.6. The van der Waals surface area contributed by atoms with Gasteiger partial charge in [0.15, 0.2) is 0 Å². The van der Waals surface area contributed by atoms with E-state index in [2.05, 4.69) is 10.1 Å². The van der Waals surface area contributed by atoms with E-state index in [0.717, 1.165) is 18.5 Å². The van der Waals surface area contributed by atoms with Gasteiger partial charge in [-0.25, -0.2) is 4.98 Å². The second-order valence-corrected chi connectivity index (χ2v) is 6.70. The van der Waals surface area contributed by atoms with Crippen LogP contribution in [0.15, 0.2) is 10.9 Å². The summed E-state index contributed by atoms with van der Waals surface area (Å²) in [4.78, 5) is 33.1. The Kier molecular flexibility index (Phi) is 5.10. The lowest BCUT2D eigenvalue weighted by molar-refractivity contribution is -0.133. The van der Waals surface area contributed by atoms with Crippen molar-refractivity contribution < 1.29 is 9.53 Å². The highest BCUT2D eigenvalue weighted by atomic mass is 32.1. The van der Waals surface area contributed by atoms with Gasteiger partial charge in [-0.15, -0.1) is 5.10 Å². The molecule has 1 aliphatic rings. The summed E-state index contributed by atoms with van der Waals surface area (Å²) in [7, 11) is 1.80. The first kappa shape index (κ1) is 16.8. The molecule has 0 bridgehead atoms. The van der Waals surface area contributed by atoms with Crippen LogP contribution in [-0.4, -0.2) is 65.3 Å². The number of aromatic nitrogens is 3. The number of amides is 1. The fraction of sp³-hybridized carbons (Fsp3) is 0.600. The Bertz CT molecular complexity index is 781. The third-order valence-electron chi connectivity index (χ3n) is 3.86. The van der Waals surface area contributed by atoms with Crippen LogP contribution in [0, 0.1) is 0 Å². The van der Waals surface area contributed by atoms with Crippen molar-refractivity contribution >= 4 is 27.3 Å². The lowest BCUT2D eigenvalue weighted by Gasteiger charge is -2.28. The minimum Gasteiger partial charge on any atom is -0.378 e. The van der Waals surface area contributed by atoms with Crippen LogP contribution in [0.3, 0.4) is 0 Å². The highest BCUT2D eigenvalue weighted by Crippen LogP contribution is 2.20. The van der Waals surface area contributed by atoms with Crippen LogP contribution in [0.25, 0.3) is 4.96 Å². The van der Waals surface area contributed by atoms with Crippen molar-refractivity contribution in [2.24, 2.45) is 0 Å². The van der Waals surface area contributed by atoms with E-state index < -0.39 is 0 Å². The number of fused-ring (bicyclic) bond motifs is 1. The Hall–Kier alpha value is -2.00. The van der Waals surface area contributed by atoms with E-state index in [0.29, 0.717) is 36.4 Å². The Morgan fingerprint density at radius 3 is 2.88 bits per heavy atom. The molecule has 0 radical (unpaired) electrons. The van der Waals surface area contributed by atoms with Crippen molar-refractivity contribution in [1.82, 2.24) is 19.5 Å². The summed E-state index contributed by atoms with van der Waals surface area (Å²) in [6.45, 7) is 4.66. The van der Waals surface area contributed by atoms with Crippen molar-refractivity contribution in [3.05, 3.63) is 22.1 Å². The smallest absolute Gasteiger partial charge is 0.275 e. The van der Waals surface area contributed by atoms with Gasteiger partial charge in [0.2, 0.25) is 16.0 Å². The minimum atomic E-state index is -0.182. The average molecular weight is 351 g/mol. The number of carbonyl (C=O) groups is 1. The Morgan fingerprint density at radius 2 is 2.17 bits per heavy atom. The molecule has 9 heteroatoms. The van der Waals surface area contributed by atoms with Crippen molar-refractivity contribution in [3.8, 4) is 0 Å². The Labute approximate surface area is 143 Å². The molecule has 2 aromatic rings. The highest BCUT2D eigenvalue weighted by Gasteiger charge is 2.20. The molecule has 2 aromatic heterocycles. The number of carbonyl (C=O) groups excluding carboxylic acids is 1. The van der Waals surface area contributed by atoms with Gasteiger partial charge in [0, 0.05) is 31.9 Å². The normalized spacial score (nSPS) is 15.0. The lowest BCUT2D eigenvalue weighted by atomic mass is 10.2. The van der Waals surface area contributed by atoms with Crippen LogP contribution in [0.1, 0.15) is 19.0 Å². The first-order valence-corrected chi connectivity index (χ1v) is 8.86. The zero-order valence-electron chi connectivity index (χ0n) is 13.9. The molecule has 1 amide bonds. The maximum Gasteiger partial charge on any atom is 0.275 e. The summed E-state index contributed by atoms with van der Waals surface area (Å²) in [5, 5.41) is 4.91. The Morgan fingerprint density at radius 1 is 1.42 bits per heavy atom. The fourth-order valence-corrected chi connectivity index (χ4v) is 3.45. The largest absolute Gasteiger partial charge is 0.378 e. The van der Waals surface area contributed by atoms with Crippen molar-refractivity contribution in [2.45, 2.75) is 19.8 Å². The van der Waals surface area contributed by atoms with E-state index in [9.17, 15) is 9.59 Å². The van der Waals surface area contributed by atoms with Gasteiger partial charge >= 0.3 is 0 Å². The summed E-state index contributed by atoms with van der Waals surface area (Å²) < 4.78 is 6.56. The number of likely N-dealkylation sites (N-methyl/N-ethyl adjacent to an activating group) is 1. The number of rotatable bonds is 5. The molecule has 0 saturated carbocycles. The summed E-state index contributed by atoms with van der Waals surface area (Å²) in [5.74, 6) is 0.0343. The van der Waals surface area contributed by atoms with Gasteiger partial charge in [-0.2, -0.15) is 4.52 Å². The molecule has 0 aromatic carbocycles. The molecule has 0 aliphatic carbocycles. The third kappa shape index (κ3) is 3.57. The molecule has 24 heavy (non-hydrogen) atoms. The van der Waals surface area contributed by atoms with Crippen molar-refractivity contribution in [1.29, 1.82) is 0 Å². The van der Waals surface area contributed by atoms with Crippen LogP contribution in [0.5, 0.6) is 0 Å². The molecule has 3 rings (SSSR count). The number of aryl methyl sites for hydroxylation is 1. The monoisotopic (exact) mass is 351 g/mol. The number of nitrogens with zero attached hydrogens (tertiary/aromatic N) is 5. The zero-order valence-corrected chi connectivity index (χ0v) is 14.7. The van der Waals surface area contributed by atoms with Gasteiger partial charge in [-0.05, 0) is 6.42 Å². The molecule has 1 fully saturated rings. The van der Waals surface area contributed by atoms with E-state index in [-0.39, 0.29) is 18.0 Å². The summed E-state index contributed by atoms with van der Waals surface area (Å²) in [5.41, 5.74) is 0.601. The average Bonchev–Trinajstić information content (AvgIpc) is 3.01. The predicted octanol–water partition coefficient (Wildman–Crippen LogP) is 0.399. The predicted molar refractivity (Wildman–Crippen MR) is 91.8 cm³/mol. The highest BCUT2D eigenvalue weighted by molar-refractivity contribution is 7.20. The quantitative estimate of drug-likeness (QED) is 0.776. The molecule has 8 nitrogen and oxygen atoms in total. The molecule has 3 heterocycles. The lowest BCUT2D eigenvalue weighted by Crippen LogP contribution is -2.45. The maximum atomic E-state index is 12.3.